The zero-order valence-electron chi connectivity index (χ0n) is 16.6. The molecule has 3 heterocycles. The molecule has 2 aliphatic heterocycles. The minimum atomic E-state index is -3.50. The molecule has 0 aliphatic carbocycles. The van der Waals surface area contributed by atoms with E-state index in [1.165, 1.54) is 16.1 Å². The predicted octanol–water partition coefficient (Wildman–Crippen LogP) is 1.81. The number of hydrogen-bond acceptors (Lipinski definition) is 6. The van der Waals surface area contributed by atoms with Crippen LogP contribution in [0.3, 0.4) is 0 Å². The molecule has 0 atom stereocenters. The quantitative estimate of drug-likeness (QED) is 0.741. The zero-order chi connectivity index (χ0) is 20.1. The molecule has 0 amide bonds. The molecule has 0 N–H and O–H groups in total. The van der Waals surface area contributed by atoms with E-state index in [1.54, 1.807) is 6.07 Å². The maximum absolute atomic E-state index is 12.8. The van der Waals surface area contributed by atoms with Crippen LogP contribution in [0.1, 0.15) is 12.0 Å². The Morgan fingerprint density at radius 1 is 0.897 bits per heavy atom. The van der Waals surface area contributed by atoms with E-state index in [2.05, 4.69) is 39.0 Å². The topological polar surface area (TPSA) is 66.0 Å². The van der Waals surface area contributed by atoms with Crippen LogP contribution < -0.4 is 4.90 Å². The summed E-state index contributed by atoms with van der Waals surface area (Å²) in [4.78, 5) is 9.45. The fraction of sp³-hybridized carbons (Fsp3) is 0.476. The summed E-state index contributed by atoms with van der Waals surface area (Å²) in [6.07, 6.45) is 2.55. The van der Waals surface area contributed by atoms with Gasteiger partial charge in [-0.15, -0.1) is 0 Å². The monoisotopic (exact) mass is 416 g/mol. The van der Waals surface area contributed by atoms with Crippen LogP contribution in [0.5, 0.6) is 0 Å². The SMILES string of the molecule is O=S(=O)(c1ccc(N2CCCN(Cc3ccccc3)CC2)nc1)N1CCOCC1. The second-order valence-corrected chi connectivity index (χ2v) is 9.41. The fourth-order valence-electron chi connectivity index (χ4n) is 3.85. The third-order valence-corrected chi connectivity index (χ3v) is 7.37. The summed E-state index contributed by atoms with van der Waals surface area (Å²) in [5.74, 6) is 0.840. The van der Waals surface area contributed by atoms with Crippen LogP contribution in [0.2, 0.25) is 0 Å². The summed E-state index contributed by atoms with van der Waals surface area (Å²) in [6, 6.07) is 14.0. The first-order valence-electron chi connectivity index (χ1n) is 10.2. The van der Waals surface area contributed by atoms with Crippen LogP contribution in [0, 0.1) is 0 Å². The number of aromatic nitrogens is 1. The van der Waals surface area contributed by atoms with E-state index in [4.69, 9.17) is 4.74 Å². The lowest BCUT2D eigenvalue weighted by molar-refractivity contribution is 0.0730. The van der Waals surface area contributed by atoms with Crippen LogP contribution in [-0.4, -0.2) is 75.1 Å². The summed E-state index contributed by atoms with van der Waals surface area (Å²) in [5.41, 5.74) is 1.33. The van der Waals surface area contributed by atoms with Gasteiger partial charge in [-0.1, -0.05) is 30.3 Å². The Morgan fingerprint density at radius 3 is 2.41 bits per heavy atom. The van der Waals surface area contributed by atoms with E-state index in [-0.39, 0.29) is 4.90 Å². The van der Waals surface area contributed by atoms with Crippen molar-refractivity contribution in [3.63, 3.8) is 0 Å². The molecule has 1 aromatic carbocycles. The molecule has 29 heavy (non-hydrogen) atoms. The second-order valence-electron chi connectivity index (χ2n) is 7.47. The Balaban J connectivity index is 1.39. The molecular weight excluding hydrogens is 388 g/mol. The highest BCUT2D eigenvalue weighted by atomic mass is 32.2. The molecule has 2 saturated heterocycles. The smallest absolute Gasteiger partial charge is 0.244 e. The van der Waals surface area contributed by atoms with E-state index in [9.17, 15) is 8.42 Å². The summed E-state index contributed by atoms with van der Waals surface area (Å²) < 4.78 is 32.2. The molecule has 0 spiro atoms. The molecule has 156 valence electrons. The van der Waals surface area contributed by atoms with Crippen molar-refractivity contribution >= 4 is 15.8 Å². The Bertz CT molecular complexity index is 884. The second kappa shape index (κ2) is 9.21. The van der Waals surface area contributed by atoms with E-state index in [1.807, 2.05) is 12.1 Å². The molecule has 8 heteroatoms. The van der Waals surface area contributed by atoms with Crippen LogP contribution in [0.15, 0.2) is 53.6 Å². The van der Waals surface area contributed by atoms with Crippen molar-refractivity contribution in [3.8, 4) is 0 Å². The lowest BCUT2D eigenvalue weighted by Crippen LogP contribution is -2.40. The van der Waals surface area contributed by atoms with Crippen molar-refractivity contribution in [3.05, 3.63) is 54.2 Å². The van der Waals surface area contributed by atoms with Gasteiger partial charge < -0.3 is 9.64 Å². The van der Waals surface area contributed by atoms with Crippen molar-refractivity contribution in [1.82, 2.24) is 14.2 Å². The first kappa shape index (κ1) is 20.3. The number of sulfonamides is 1. The third kappa shape index (κ3) is 4.95. The van der Waals surface area contributed by atoms with Crippen molar-refractivity contribution in [2.75, 3.05) is 57.4 Å². The molecule has 0 bridgehead atoms. The minimum Gasteiger partial charge on any atom is -0.379 e. The van der Waals surface area contributed by atoms with Gasteiger partial charge in [0.1, 0.15) is 10.7 Å². The molecule has 4 rings (SSSR count). The highest BCUT2D eigenvalue weighted by molar-refractivity contribution is 7.89. The maximum atomic E-state index is 12.8. The molecule has 2 aromatic rings. The Kier molecular flexibility index (Phi) is 6.44. The van der Waals surface area contributed by atoms with Crippen molar-refractivity contribution in [2.24, 2.45) is 0 Å². The molecule has 0 unspecified atom stereocenters. The largest absolute Gasteiger partial charge is 0.379 e. The number of ether oxygens (including phenoxy) is 1. The number of anilines is 1. The number of morpholine rings is 1. The van der Waals surface area contributed by atoms with Crippen molar-refractivity contribution in [2.45, 2.75) is 17.9 Å². The average Bonchev–Trinajstić information content (AvgIpc) is 3.01. The van der Waals surface area contributed by atoms with Gasteiger partial charge in [-0.05, 0) is 24.1 Å². The number of pyridine rings is 1. The van der Waals surface area contributed by atoms with Gasteiger partial charge in [-0.2, -0.15) is 4.31 Å². The van der Waals surface area contributed by atoms with Gasteiger partial charge in [0.15, 0.2) is 0 Å². The van der Waals surface area contributed by atoms with Gasteiger partial charge in [-0.3, -0.25) is 4.90 Å². The van der Waals surface area contributed by atoms with Crippen molar-refractivity contribution in [1.29, 1.82) is 0 Å². The van der Waals surface area contributed by atoms with Gasteiger partial charge >= 0.3 is 0 Å². The molecule has 1 aromatic heterocycles. The molecule has 2 aliphatic rings. The Hall–Kier alpha value is -2.00. The van der Waals surface area contributed by atoms with Gasteiger partial charge in [0.25, 0.3) is 0 Å². The van der Waals surface area contributed by atoms with Gasteiger partial charge in [0.2, 0.25) is 10.0 Å². The molecule has 0 saturated carbocycles. The first-order valence-corrected chi connectivity index (χ1v) is 11.6. The summed E-state index contributed by atoms with van der Waals surface area (Å²) in [7, 11) is -3.50. The minimum absolute atomic E-state index is 0.253. The fourth-order valence-corrected chi connectivity index (χ4v) is 5.20. The molecular formula is C21H28N4O3S. The first-order chi connectivity index (χ1) is 14.1. The van der Waals surface area contributed by atoms with E-state index in [0.29, 0.717) is 26.3 Å². The zero-order valence-corrected chi connectivity index (χ0v) is 17.4. The standard InChI is InChI=1S/C21H28N4O3S/c26-29(27,25-13-15-28-16-14-25)20-7-8-21(22-17-20)24-10-4-9-23(11-12-24)18-19-5-2-1-3-6-19/h1-3,5-8,17H,4,9-16,18H2. The predicted molar refractivity (Wildman–Crippen MR) is 112 cm³/mol. The van der Waals surface area contributed by atoms with Crippen LogP contribution in [0.4, 0.5) is 5.82 Å². The van der Waals surface area contributed by atoms with Gasteiger partial charge in [0, 0.05) is 52.0 Å². The highest BCUT2D eigenvalue weighted by Gasteiger charge is 2.27. The summed E-state index contributed by atoms with van der Waals surface area (Å²) in [5, 5.41) is 0. The third-order valence-electron chi connectivity index (χ3n) is 5.49. The molecule has 0 radical (unpaired) electrons. The van der Waals surface area contributed by atoms with E-state index >= 15 is 0 Å². The van der Waals surface area contributed by atoms with E-state index in [0.717, 1.165) is 45.0 Å². The number of nitrogens with zero attached hydrogens (tertiary/aromatic N) is 4. The maximum Gasteiger partial charge on any atom is 0.244 e. The van der Waals surface area contributed by atoms with Gasteiger partial charge in [-0.25, -0.2) is 13.4 Å². The lowest BCUT2D eigenvalue weighted by Gasteiger charge is -2.26. The highest BCUT2D eigenvalue weighted by Crippen LogP contribution is 2.20. The van der Waals surface area contributed by atoms with Gasteiger partial charge in [0.05, 0.1) is 13.2 Å². The van der Waals surface area contributed by atoms with Crippen LogP contribution in [0.25, 0.3) is 0 Å². The lowest BCUT2D eigenvalue weighted by atomic mass is 10.2. The van der Waals surface area contributed by atoms with E-state index < -0.39 is 10.0 Å². The molecule has 7 nitrogen and oxygen atoms in total. The average molecular weight is 417 g/mol. The normalized spacial score (nSPS) is 19.8. The summed E-state index contributed by atoms with van der Waals surface area (Å²) in [6.45, 7) is 6.46. The number of rotatable bonds is 5. The Morgan fingerprint density at radius 2 is 1.69 bits per heavy atom. The Labute approximate surface area is 172 Å². The van der Waals surface area contributed by atoms with Crippen LogP contribution >= 0.6 is 0 Å². The van der Waals surface area contributed by atoms with Crippen molar-refractivity contribution < 1.29 is 13.2 Å². The summed E-state index contributed by atoms with van der Waals surface area (Å²) >= 11 is 0. The number of hydrogen-bond donors (Lipinski definition) is 0. The van der Waals surface area contributed by atoms with Crippen LogP contribution in [-0.2, 0) is 21.3 Å². The molecule has 2 fully saturated rings. The number of benzene rings is 1.